The van der Waals surface area contributed by atoms with Gasteiger partial charge >= 0.3 is 0 Å². The molecule has 1 atom stereocenters. The Morgan fingerprint density at radius 2 is 2.03 bits per heavy atom. The zero-order valence-corrected chi connectivity index (χ0v) is 18.6. The second kappa shape index (κ2) is 7.80. The number of aryl methyl sites for hydroxylation is 1. The van der Waals surface area contributed by atoms with Gasteiger partial charge in [-0.1, -0.05) is 12.1 Å². The first kappa shape index (κ1) is 21.0. The van der Waals surface area contributed by atoms with Crippen molar-refractivity contribution in [3.8, 4) is 0 Å². The number of fused-ring (bicyclic) bond motifs is 1. The Morgan fingerprint density at radius 3 is 2.77 bits per heavy atom. The maximum Gasteiger partial charge on any atom is 0.238 e. The van der Waals surface area contributed by atoms with Crippen LogP contribution in [0.25, 0.3) is 0 Å². The van der Waals surface area contributed by atoms with E-state index in [4.69, 9.17) is 5.14 Å². The number of sulfonamides is 1. The lowest BCUT2D eigenvalue weighted by Crippen LogP contribution is -2.34. The smallest absolute Gasteiger partial charge is 0.238 e. The predicted molar refractivity (Wildman–Crippen MR) is 121 cm³/mol. The largest absolute Gasteiger partial charge is 0.329 e. The van der Waals surface area contributed by atoms with Gasteiger partial charge in [-0.3, -0.25) is 0 Å². The highest BCUT2D eigenvalue weighted by Gasteiger charge is 2.26. The molecule has 0 saturated carbocycles. The highest BCUT2D eigenvalue weighted by Crippen LogP contribution is 2.29. The average Bonchev–Trinajstić information content (AvgIpc) is 3.01. The minimum absolute atomic E-state index is 0.0663. The van der Waals surface area contributed by atoms with Crippen LogP contribution in [0.2, 0.25) is 0 Å². The van der Waals surface area contributed by atoms with E-state index in [1.807, 2.05) is 30.1 Å². The zero-order chi connectivity index (χ0) is 22.3. The van der Waals surface area contributed by atoms with Gasteiger partial charge in [-0.2, -0.15) is 4.98 Å². The summed E-state index contributed by atoms with van der Waals surface area (Å²) in [5.41, 5.74) is 7.89. The van der Waals surface area contributed by atoms with Crippen molar-refractivity contribution in [3.05, 3.63) is 71.2 Å². The molecule has 0 fully saturated rings. The summed E-state index contributed by atoms with van der Waals surface area (Å²) in [4.78, 5) is 10.9. The van der Waals surface area contributed by atoms with Gasteiger partial charge in [0.2, 0.25) is 16.0 Å². The second-order valence-electron chi connectivity index (χ2n) is 7.58. The normalized spacial score (nSPS) is 18.2. The van der Waals surface area contributed by atoms with Crippen molar-refractivity contribution in [3.63, 3.8) is 0 Å². The standard InChI is InChI=1S/C21H25N7O2S/c1-13-5-6-15(11-19(13)31(22,29)30)24-21-23-10-9-20(25-21)27(3)16-7-8-18-17(12-16)14(2)28(4)26-18/h5-12,18,26H,1-4H3,(H2,22,29,30)(H,23,24,25). The monoisotopic (exact) mass is 439 g/mol. The minimum Gasteiger partial charge on any atom is -0.329 e. The quantitative estimate of drug-likeness (QED) is 0.649. The van der Waals surface area contributed by atoms with Crippen LogP contribution in [0.4, 0.5) is 17.5 Å². The molecular formula is C21H25N7O2S. The first-order chi connectivity index (χ1) is 14.6. The van der Waals surface area contributed by atoms with Crippen LogP contribution in [-0.2, 0) is 10.0 Å². The first-order valence-corrected chi connectivity index (χ1v) is 11.3. The Balaban J connectivity index is 1.59. The number of nitrogens with two attached hydrogens (primary N) is 1. The van der Waals surface area contributed by atoms with Gasteiger partial charge in [0, 0.05) is 37.4 Å². The van der Waals surface area contributed by atoms with Crippen molar-refractivity contribution in [1.82, 2.24) is 20.4 Å². The molecule has 2 aromatic rings. The number of primary sulfonamides is 1. The van der Waals surface area contributed by atoms with Crippen LogP contribution in [-0.4, -0.2) is 43.5 Å². The van der Waals surface area contributed by atoms with Crippen molar-refractivity contribution in [2.24, 2.45) is 5.14 Å². The van der Waals surface area contributed by atoms with Gasteiger partial charge in [0.1, 0.15) is 5.82 Å². The fourth-order valence-electron chi connectivity index (χ4n) is 3.59. The van der Waals surface area contributed by atoms with E-state index >= 15 is 0 Å². The minimum atomic E-state index is -3.82. The molecule has 0 amide bonds. The molecule has 4 rings (SSSR count). The van der Waals surface area contributed by atoms with Crippen LogP contribution < -0.4 is 20.8 Å². The van der Waals surface area contributed by atoms with Gasteiger partial charge in [0.05, 0.1) is 10.9 Å². The second-order valence-corrected chi connectivity index (χ2v) is 9.11. The number of nitrogens with one attached hydrogen (secondary N) is 2. The number of nitrogens with zero attached hydrogens (tertiary/aromatic N) is 4. The molecule has 0 saturated heterocycles. The molecule has 162 valence electrons. The average molecular weight is 440 g/mol. The van der Waals surface area contributed by atoms with Crippen molar-refractivity contribution in [2.45, 2.75) is 24.8 Å². The summed E-state index contributed by atoms with van der Waals surface area (Å²) < 4.78 is 23.6. The highest BCUT2D eigenvalue weighted by atomic mass is 32.2. The van der Waals surface area contributed by atoms with Crippen LogP contribution in [0, 0.1) is 6.92 Å². The van der Waals surface area contributed by atoms with Gasteiger partial charge < -0.3 is 15.2 Å². The highest BCUT2D eigenvalue weighted by molar-refractivity contribution is 7.89. The molecule has 1 aromatic heterocycles. The van der Waals surface area contributed by atoms with Crippen molar-refractivity contribution in [2.75, 3.05) is 24.3 Å². The Labute approximate surface area is 182 Å². The van der Waals surface area contributed by atoms with Crippen molar-refractivity contribution >= 4 is 27.5 Å². The van der Waals surface area contributed by atoms with Gasteiger partial charge in [-0.15, -0.1) is 0 Å². The van der Waals surface area contributed by atoms with E-state index in [2.05, 4.69) is 45.9 Å². The van der Waals surface area contributed by atoms with E-state index in [-0.39, 0.29) is 10.9 Å². The number of benzene rings is 1. The van der Waals surface area contributed by atoms with Crippen molar-refractivity contribution in [1.29, 1.82) is 0 Å². The molecule has 10 heteroatoms. The van der Waals surface area contributed by atoms with Crippen LogP contribution >= 0.6 is 0 Å². The molecule has 0 bridgehead atoms. The number of hydrogen-bond donors (Lipinski definition) is 3. The third kappa shape index (κ3) is 4.18. The maximum atomic E-state index is 11.8. The number of allylic oxidation sites excluding steroid dienone is 2. The molecule has 31 heavy (non-hydrogen) atoms. The van der Waals surface area contributed by atoms with Crippen LogP contribution in [0.3, 0.4) is 0 Å². The van der Waals surface area contributed by atoms with Crippen molar-refractivity contribution < 1.29 is 8.42 Å². The van der Waals surface area contributed by atoms with Gasteiger partial charge in [0.15, 0.2) is 0 Å². The van der Waals surface area contributed by atoms with Crippen LogP contribution in [0.15, 0.2) is 70.6 Å². The Bertz CT molecular complexity index is 1230. The number of aromatic nitrogens is 2. The molecule has 0 spiro atoms. The summed E-state index contributed by atoms with van der Waals surface area (Å²) in [6.45, 7) is 3.78. The lowest BCUT2D eigenvalue weighted by atomic mass is 10.00. The lowest BCUT2D eigenvalue weighted by Gasteiger charge is -2.24. The summed E-state index contributed by atoms with van der Waals surface area (Å²) in [5, 5.41) is 10.4. The molecular weight excluding hydrogens is 414 g/mol. The lowest BCUT2D eigenvalue weighted by molar-refractivity contribution is 0.325. The fraction of sp³-hybridized carbons (Fsp3) is 0.238. The Kier molecular flexibility index (Phi) is 5.29. The van der Waals surface area contributed by atoms with Crippen LogP contribution in [0.1, 0.15) is 12.5 Å². The summed E-state index contributed by atoms with van der Waals surface area (Å²) in [7, 11) is 0.123. The zero-order valence-electron chi connectivity index (χ0n) is 17.8. The van der Waals surface area contributed by atoms with Gasteiger partial charge in [-0.05, 0) is 55.3 Å². The van der Waals surface area contributed by atoms with E-state index in [1.54, 1.807) is 25.3 Å². The molecule has 1 unspecified atom stereocenters. The third-order valence-electron chi connectivity index (χ3n) is 5.47. The molecule has 1 aromatic carbocycles. The topological polar surface area (TPSA) is 116 Å². The summed E-state index contributed by atoms with van der Waals surface area (Å²) in [6, 6.07) is 6.93. The van der Waals surface area contributed by atoms with Gasteiger partial charge in [0.25, 0.3) is 0 Å². The molecule has 9 nitrogen and oxygen atoms in total. The molecule has 4 N–H and O–H groups in total. The summed E-state index contributed by atoms with van der Waals surface area (Å²) in [5.74, 6) is 1.05. The molecule has 2 aliphatic rings. The summed E-state index contributed by atoms with van der Waals surface area (Å²) in [6.07, 6.45) is 7.97. The molecule has 1 aliphatic heterocycles. The van der Waals surface area contributed by atoms with Crippen LogP contribution in [0.5, 0.6) is 0 Å². The summed E-state index contributed by atoms with van der Waals surface area (Å²) >= 11 is 0. The van der Waals surface area contributed by atoms with E-state index in [0.717, 1.165) is 5.70 Å². The van der Waals surface area contributed by atoms with E-state index in [9.17, 15) is 8.42 Å². The van der Waals surface area contributed by atoms with Gasteiger partial charge in [-0.25, -0.2) is 24.0 Å². The number of anilines is 3. The first-order valence-electron chi connectivity index (χ1n) is 9.71. The number of hydrogen-bond acceptors (Lipinski definition) is 8. The third-order valence-corrected chi connectivity index (χ3v) is 6.53. The Morgan fingerprint density at radius 1 is 1.26 bits per heavy atom. The molecule has 2 heterocycles. The fourth-order valence-corrected chi connectivity index (χ4v) is 4.40. The SMILES string of the molecule is CC1=C2C=C(N(C)c3ccnc(Nc4ccc(C)c(S(N)(=O)=O)c4)n3)C=CC2NN1C. The predicted octanol–water partition coefficient (Wildman–Crippen LogP) is 2.16. The van der Waals surface area contributed by atoms with E-state index in [0.29, 0.717) is 23.0 Å². The molecule has 0 radical (unpaired) electrons. The molecule has 1 aliphatic carbocycles. The maximum absolute atomic E-state index is 11.8. The Hall–Kier alpha value is -3.21. The van der Waals surface area contributed by atoms with E-state index < -0.39 is 10.0 Å². The number of hydrazine groups is 1. The number of rotatable bonds is 5. The van der Waals surface area contributed by atoms with E-state index in [1.165, 1.54) is 17.3 Å². The number of likely N-dealkylation sites (N-methyl/N-ethyl adjacent to an activating group) is 1.